The fraction of sp³-hybridized carbons (Fsp3) is 0.0455. The topological polar surface area (TPSA) is 4.93 Å². The summed E-state index contributed by atoms with van der Waals surface area (Å²) in [5.41, 5.74) is 13.1. The van der Waals surface area contributed by atoms with E-state index in [0.717, 1.165) is 6.42 Å². The SMILES string of the molecule is c1ccc(C2Cc3ccc(-c4ccc5c(c4)c4ccccc4n5-c4ccc5c(c4)sc4ccccc45)cc3-c3ccccc32)cc1. The van der Waals surface area contributed by atoms with Crippen molar-refractivity contribution in [2.24, 2.45) is 0 Å². The van der Waals surface area contributed by atoms with Gasteiger partial charge in [-0.2, -0.15) is 0 Å². The van der Waals surface area contributed by atoms with Crippen LogP contribution >= 0.6 is 11.3 Å². The highest BCUT2D eigenvalue weighted by Gasteiger charge is 2.26. The number of hydrogen-bond donors (Lipinski definition) is 0. The van der Waals surface area contributed by atoms with Gasteiger partial charge in [0.25, 0.3) is 0 Å². The summed E-state index contributed by atoms with van der Waals surface area (Å²) in [5.74, 6) is 0.380. The molecule has 7 aromatic carbocycles. The van der Waals surface area contributed by atoms with E-state index in [2.05, 4.69) is 162 Å². The van der Waals surface area contributed by atoms with Gasteiger partial charge in [0.1, 0.15) is 0 Å². The first kappa shape index (κ1) is 25.8. The molecule has 216 valence electrons. The van der Waals surface area contributed by atoms with Gasteiger partial charge < -0.3 is 4.57 Å². The number of para-hydroxylation sites is 1. The second-order valence-corrected chi connectivity index (χ2v) is 13.6. The van der Waals surface area contributed by atoms with Crippen molar-refractivity contribution in [3.8, 4) is 27.9 Å². The fourth-order valence-electron chi connectivity index (χ4n) is 7.83. The monoisotopic (exact) mass is 603 g/mol. The van der Waals surface area contributed by atoms with Crippen LogP contribution in [0.1, 0.15) is 22.6 Å². The predicted molar refractivity (Wildman–Crippen MR) is 197 cm³/mol. The van der Waals surface area contributed by atoms with Crippen LogP contribution < -0.4 is 0 Å². The molecule has 1 unspecified atom stereocenters. The van der Waals surface area contributed by atoms with Crippen LogP contribution in [0.25, 0.3) is 69.9 Å². The first-order valence-electron chi connectivity index (χ1n) is 16.0. The van der Waals surface area contributed by atoms with Gasteiger partial charge in [0, 0.05) is 42.6 Å². The maximum absolute atomic E-state index is 2.44. The molecule has 1 aliphatic carbocycles. The predicted octanol–water partition coefficient (Wildman–Crippen LogP) is 12.2. The highest BCUT2D eigenvalue weighted by atomic mass is 32.1. The zero-order valence-electron chi connectivity index (χ0n) is 25.2. The minimum atomic E-state index is 0.380. The maximum Gasteiger partial charge on any atom is 0.0541 e. The normalized spacial score (nSPS) is 14.2. The van der Waals surface area contributed by atoms with Crippen molar-refractivity contribution in [1.29, 1.82) is 0 Å². The average molecular weight is 604 g/mol. The number of benzene rings is 7. The Bertz CT molecular complexity index is 2620. The van der Waals surface area contributed by atoms with Gasteiger partial charge in [0.2, 0.25) is 0 Å². The molecule has 2 heteroatoms. The third kappa shape index (κ3) is 3.87. The van der Waals surface area contributed by atoms with Crippen molar-refractivity contribution in [2.75, 3.05) is 0 Å². The number of thiophene rings is 1. The Balaban J connectivity index is 1.11. The molecule has 1 atom stereocenters. The van der Waals surface area contributed by atoms with Crippen LogP contribution in [0.2, 0.25) is 0 Å². The zero-order chi connectivity index (χ0) is 30.2. The maximum atomic E-state index is 2.44. The Morgan fingerprint density at radius 1 is 0.478 bits per heavy atom. The number of hydrogen-bond acceptors (Lipinski definition) is 1. The molecule has 0 amide bonds. The minimum Gasteiger partial charge on any atom is -0.309 e. The van der Waals surface area contributed by atoms with Gasteiger partial charge in [0.05, 0.1) is 11.0 Å². The molecule has 2 aromatic heterocycles. The highest BCUT2D eigenvalue weighted by molar-refractivity contribution is 7.25. The van der Waals surface area contributed by atoms with Gasteiger partial charge in [-0.1, -0.05) is 115 Å². The number of fused-ring (bicyclic) bond motifs is 9. The summed E-state index contributed by atoms with van der Waals surface area (Å²) in [6.45, 7) is 0. The van der Waals surface area contributed by atoms with E-state index in [1.54, 1.807) is 0 Å². The molecule has 9 aromatic rings. The fourth-order valence-corrected chi connectivity index (χ4v) is 8.97. The van der Waals surface area contributed by atoms with E-state index in [1.807, 2.05) is 11.3 Å². The lowest BCUT2D eigenvalue weighted by atomic mass is 9.75. The number of aromatic nitrogens is 1. The lowest BCUT2D eigenvalue weighted by Crippen LogP contribution is -2.12. The molecule has 0 saturated carbocycles. The summed E-state index contributed by atoms with van der Waals surface area (Å²) in [6.07, 6.45) is 1.02. The third-order valence-electron chi connectivity index (χ3n) is 9.99. The molecule has 0 spiro atoms. The van der Waals surface area contributed by atoms with Crippen molar-refractivity contribution in [1.82, 2.24) is 4.57 Å². The Kier molecular flexibility index (Phi) is 5.64. The summed E-state index contributed by atoms with van der Waals surface area (Å²) in [4.78, 5) is 0. The van der Waals surface area contributed by atoms with Crippen LogP contribution in [0.15, 0.2) is 158 Å². The van der Waals surface area contributed by atoms with E-state index in [-0.39, 0.29) is 0 Å². The second kappa shape index (κ2) is 10.0. The van der Waals surface area contributed by atoms with E-state index in [4.69, 9.17) is 0 Å². The first-order chi connectivity index (χ1) is 22.8. The van der Waals surface area contributed by atoms with Crippen molar-refractivity contribution in [3.05, 3.63) is 174 Å². The lowest BCUT2D eigenvalue weighted by Gasteiger charge is -2.29. The summed E-state index contributed by atoms with van der Waals surface area (Å²) >= 11 is 1.88. The number of rotatable bonds is 3. The molecule has 2 heterocycles. The van der Waals surface area contributed by atoms with Gasteiger partial charge in [-0.05, 0) is 87.8 Å². The van der Waals surface area contributed by atoms with Gasteiger partial charge in [0.15, 0.2) is 0 Å². The molecule has 1 aliphatic rings. The summed E-state index contributed by atoms with van der Waals surface area (Å²) in [7, 11) is 0. The van der Waals surface area contributed by atoms with Crippen LogP contribution in [-0.4, -0.2) is 4.57 Å². The van der Waals surface area contributed by atoms with Crippen LogP contribution in [0.5, 0.6) is 0 Å². The van der Waals surface area contributed by atoms with Crippen molar-refractivity contribution in [3.63, 3.8) is 0 Å². The van der Waals surface area contributed by atoms with E-state index < -0.39 is 0 Å². The quantitative estimate of drug-likeness (QED) is 0.189. The summed E-state index contributed by atoms with van der Waals surface area (Å²) < 4.78 is 5.10. The van der Waals surface area contributed by atoms with Crippen molar-refractivity contribution < 1.29 is 0 Å². The third-order valence-corrected chi connectivity index (χ3v) is 11.1. The van der Waals surface area contributed by atoms with Crippen LogP contribution in [-0.2, 0) is 6.42 Å². The molecule has 10 rings (SSSR count). The van der Waals surface area contributed by atoms with E-state index in [9.17, 15) is 0 Å². The molecular formula is C44H29NS. The largest absolute Gasteiger partial charge is 0.309 e. The molecule has 0 aliphatic heterocycles. The van der Waals surface area contributed by atoms with Gasteiger partial charge >= 0.3 is 0 Å². The Morgan fingerprint density at radius 3 is 2.13 bits per heavy atom. The summed E-state index contributed by atoms with van der Waals surface area (Å²) in [5, 5.41) is 5.23. The molecular weight excluding hydrogens is 575 g/mol. The molecule has 0 fully saturated rings. The Morgan fingerprint density at radius 2 is 1.20 bits per heavy atom. The molecule has 0 N–H and O–H groups in total. The Labute approximate surface area is 271 Å². The van der Waals surface area contributed by atoms with Crippen LogP contribution in [0.3, 0.4) is 0 Å². The minimum absolute atomic E-state index is 0.380. The van der Waals surface area contributed by atoms with E-state index in [1.165, 1.54) is 86.6 Å². The van der Waals surface area contributed by atoms with E-state index >= 15 is 0 Å². The zero-order valence-corrected chi connectivity index (χ0v) is 26.0. The summed E-state index contributed by atoms with van der Waals surface area (Å²) in [6, 6.07) is 58.6. The second-order valence-electron chi connectivity index (χ2n) is 12.5. The smallest absolute Gasteiger partial charge is 0.0541 e. The van der Waals surface area contributed by atoms with Crippen molar-refractivity contribution in [2.45, 2.75) is 12.3 Å². The molecule has 0 saturated heterocycles. The van der Waals surface area contributed by atoms with Gasteiger partial charge in [-0.25, -0.2) is 0 Å². The molecule has 0 radical (unpaired) electrons. The van der Waals surface area contributed by atoms with Gasteiger partial charge in [-0.15, -0.1) is 11.3 Å². The molecule has 1 nitrogen and oxygen atoms in total. The average Bonchev–Trinajstić information content (AvgIpc) is 3.66. The van der Waals surface area contributed by atoms with Gasteiger partial charge in [-0.3, -0.25) is 0 Å². The molecule has 0 bridgehead atoms. The first-order valence-corrected chi connectivity index (χ1v) is 16.8. The Hall–Kier alpha value is -5.44. The number of nitrogens with zero attached hydrogens (tertiary/aromatic N) is 1. The van der Waals surface area contributed by atoms with Crippen LogP contribution in [0.4, 0.5) is 0 Å². The molecule has 46 heavy (non-hydrogen) atoms. The van der Waals surface area contributed by atoms with E-state index in [0.29, 0.717) is 5.92 Å². The van der Waals surface area contributed by atoms with Crippen LogP contribution in [0, 0.1) is 0 Å². The van der Waals surface area contributed by atoms with Crippen molar-refractivity contribution >= 4 is 53.3 Å². The lowest BCUT2D eigenvalue weighted by molar-refractivity contribution is 0.794. The standard InChI is InChI=1S/C44H29NS/c1-2-10-28(11-3-1)38-26-31-19-18-29(24-39(31)34-13-5-4-12-33(34)38)30-20-23-42-40(25-30)35-14-6-8-16-41(35)45(42)32-21-22-37-36-15-7-9-17-43(36)46-44(37)27-32/h1-25,27,38H,26H2. The highest BCUT2D eigenvalue weighted by Crippen LogP contribution is 2.45.